The van der Waals surface area contributed by atoms with E-state index < -0.39 is 6.10 Å². The van der Waals surface area contributed by atoms with Gasteiger partial charge in [-0.05, 0) is 35.9 Å². The molecule has 0 heterocycles. The Balaban J connectivity index is 1.90. The molecule has 0 saturated carbocycles. The minimum absolute atomic E-state index is 0.443. The number of hydrogen-bond donors (Lipinski definition) is 1. The van der Waals surface area contributed by atoms with Gasteiger partial charge in [0, 0.05) is 27.1 Å². The molecule has 0 aliphatic rings. The van der Waals surface area contributed by atoms with Gasteiger partial charge >= 0.3 is 0 Å². The van der Waals surface area contributed by atoms with Gasteiger partial charge in [0.15, 0.2) is 0 Å². The zero-order chi connectivity index (χ0) is 13.7. The van der Waals surface area contributed by atoms with Crippen molar-refractivity contribution < 1.29 is 5.11 Å². The second-order valence-corrected chi connectivity index (χ2v) is 6.15. The summed E-state index contributed by atoms with van der Waals surface area (Å²) in [6, 6.07) is 15.3. The Morgan fingerprint density at radius 3 is 2.53 bits per heavy atom. The summed E-state index contributed by atoms with van der Waals surface area (Å²) in [5, 5.41) is 11.3. The van der Waals surface area contributed by atoms with Gasteiger partial charge in [0.2, 0.25) is 0 Å². The maximum atomic E-state index is 10.1. The van der Waals surface area contributed by atoms with Crippen LogP contribution in [0.25, 0.3) is 0 Å². The van der Waals surface area contributed by atoms with E-state index in [-0.39, 0.29) is 0 Å². The number of thioether (sulfide) groups is 1. The Morgan fingerprint density at radius 1 is 1.05 bits per heavy atom. The highest BCUT2D eigenvalue weighted by atomic mass is 35.5. The molecule has 1 atom stereocenters. The zero-order valence-electron chi connectivity index (χ0n) is 10.2. The molecule has 1 N–H and O–H groups in total. The first-order chi connectivity index (χ1) is 9.15. The van der Waals surface area contributed by atoms with Crippen LogP contribution in [-0.4, -0.2) is 17.0 Å². The van der Waals surface area contributed by atoms with Crippen molar-refractivity contribution in [2.45, 2.75) is 17.4 Å². The molecule has 2 aromatic rings. The molecule has 0 amide bonds. The summed E-state index contributed by atoms with van der Waals surface area (Å²) in [6.45, 7) is 0. The zero-order valence-corrected chi connectivity index (χ0v) is 12.6. The fourth-order valence-electron chi connectivity index (χ4n) is 1.72. The van der Waals surface area contributed by atoms with Crippen molar-refractivity contribution in [1.82, 2.24) is 0 Å². The highest BCUT2D eigenvalue weighted by Gasteiger charge is 2.09. The third-order valence-electron chi connectivity index (χ3n) is 2.65. The van der Waals surface area contributed by atoms with Gasteiger partial charge in [0.05, 0.1) is 6.10 Å². The minimum atomic E-state index is -0.443. The summed E-state index contributed by atoms with van der Waals surface area (Å²) < 4.78 is 0. The minimum Gasteiger partial charge on any atom is -0.392 e. The lowest BCUT2D eigenvalue weighted by molar-refractivity contribution is 0.200. The predicted molar refractivity (Wildman–Crippen MR) is 83.3 cm³/mol. The topological polar surface area (TPSA) is 20.2 Å². The molecule has 0 aliphatic heterocycles. The fraction of sp³-hybridized carbons (Fsp3) is 0.200. The van der Waals surface area contributed by atoms with Crippen LogP contribution in [0.2, 0.25) is 10.0 Å². The largest absolute Gasteiger partial charge is 0.392 e. The van der Waals surface area contributed by atoms with E-state index in [2.05, 4.69) is 0 Å². The van der Waals surface area contributed by atoms with E-state index in [1.54, 1.807) is 30.0 Å². The Hall–Kier alpha value is -0.670. The van der Waals surface area contributed by atoms with Gasteiger partial charge in [-0.1, -0.05) is 41.4 Å². The molecule has 2 aromatic carbocycles. The second-order valence-electron chi connectivity index (χ2n) is 4.22. The third-order valence-corrected chi connectivity index (χ3v) is 4.41. The molecule has 0 fully saturated rings. The van der Waals surface area contributed by atoms with Crippen LogP contribution in [0.3, 0.4) is 0 Å². The first-order valence-electron chi connectivity index (χ1n) is 5.95. The van der Waals surface area contributed by atoms with Crippen molar-refractivity contribution in [2.24, 2.45) is 0 Å². The van der Waals surface area contributed by atoms with Crippen molar-refractivity contribution >= 4 is 35.0 Å². The second kappa shape index (κ2) is 7.20. The number of aliphatic hydroxyl groups excluding tert-OH is 1. The number of benzene rings is 2. The third kappa shape index (κ3) is 4.73. The van der Waals surface area contributed by atoms with Gasteiger partial charge < -0.3 is 5.11 Å². The van der Waals surface area contributed by atoms with E-state index >= 15 is 0 Å². The van der Waals surface area contributed by atoms with Gasteiger partial charge in [-0.15, -0.1) is 11.8 Å². The molecule has 0 radical (unpaired) electrons. The van der Waals surface area contributed by atoms with Crippen LogP contribution in [0.1, 0.15) is 5.56 Å². The Morgan fingerprint density at radius 2 is 1.79 bits per heavy atom. The molecule has 19 heavy (non-hydrogen) atoms. The maximum absolute atomic E-state index is 10.1. The van der Waals surface area contributed by atoms with Crippen molar-refractivity contribution in [3.63, 3.8) is 0 Å². The first kappa shape index (κ1) is 14.7. The van der Waals surface area contributed by atoms with Crippen LogP contribution in [0.4, 0.5) is 0 Å². The molecule has 0 bridgehead atoms. The lowest BCUT2D eigenvalue weighted by Gasteiger charge is -2.12. The van der Waals surface area contributed by atoms with Crippen LogP contribution in [0, 0.1) is 0 Å². The number of halogens is 2. The maximum Gasteiger partial charge on any atom is 0.0674 e. The summed E-state index contributed by atoms with van der Waals surface area (Å²) in [7, 11) is 0. The van der Waals surface area contributed by atoms with Gasteiger partial charge in [0.25, 0.3) is 0 Å². The van der Waals surface area contributed by atoms with E-state index in [4.69, 9.17) is 23.2 Å². The van der Waals surface area contributed by atoms with Gasteiger partial charge in [-0.3, -0.25) is 0 Å². The summed E-state index contributed by atoms with van der Waals surface area (Å²) >= 11 is 13.6. The number of rotatable bonds is 5. The molecule has 0 saturated heterocycles. The standard InChI is InChI=1S/C15H14Cl2OS/c16-12-6-7-15(17)11(8-12)9-13(18)10-19-14-4-2-1-3-5-14/h1-8,13,18H,9-10H2. The molecule has 1 unspecified atom stereocenters. The normalized spacial score (nSPS) is 12.4. The molecule has 0 aliphatic carbocycles. The van der Waals surface area contributed by atoms with E-state index in [1.807, 2.05) is 30.3 Å². The quantitative estimate of drug-likeness (QED) is 0.808. The van der Waals surface area contributed by atoms with E-state index in [9.17, 15) is 5.11 Å². The van der Waals surface area contributed by atoms with Gasteiger partial charge in [0.1, 0.15) is 0 Å². The molecule has 4 heteroatoms. The molecule has 0 spiro atoms. The van der Waals surface area contributed by atoms with E-state index in [0.29, 0.717) is 22.2 Å². The summed E-state index contributed by atoms with van der Waals surface area (Å²) in [5.74, 6) is 0.632. The van der Waals surface area contributed by atoms with Crippen molar-refractivity contribution in [3.8, 4) is 0 Å². The average molecular weight is 313 g/mol. The van der Waals surface area contributed by atoms with Crippen LogP contribution < -0.4 is 0 Å². The number of hydrogen-bond acceptors (Lipinski definition) is 2. The smallest absolute Gasteiger partial charge is 0.0674 e. The van der Waals surface area contributed by atoms with E-state index in [0.717, 1.165) is 10.5 Å². The monoisotopic (exact) mass is 312 g/mol. The molecular weight excluding hydrogens is 299 g/mol. The van der Waals surface area contributed by atoms with Crippen LogP contribution in [0.15, 0.2) is 53.4 Å². The van der Waals surface area contributed by atoms with Crippen LogP contribution in [0.5, 0.6) is 0 Å². The highest BCUT2D eigenvalue weighted by molar-refractivity contribution is 7.99. The summed E-state index contributed by atoms with van der Waals surface area (Å²) in [5.41, 5.74) is 0.885. The molecule has 1 nitrogen and oxygen atoms in total. The van der Waals surface area contributed by atoms with Crippen molar-refractivity contribution in [1.29, 1.82) is 0 Å². The van der Waals surface area contributed by atoms with Crippen molar-refractivity contribution in [3.05, 3.63) is 64.1 Å². The molecular formula is C15H14Cl2OS. The highest BCUT2D eigenvalue weighted by Crippen LogP contribution is 2.24. The Bertz CT molecular complexity index is 531. The predicted octanol–water partition coefficient (Wildman–Crippen LogP) is 4.69. The summed E-state index contributed by atoms with van der Waals surface area (Å²) in [6.07, 6.45) is 0.0698. The molecule has 100 valence electrons. The van der Waals surface area contributed by atoms with Crippen LogP contribution >= 0.6 is 35.0 Å². The summed E-state index contributed by atoms with van der Waals surface area (Å²) in [4.78, 5) is 1.15. The van der Waals surface area contributed by atoms with Gasteiger partial charge in [-0.2, -0.15) is 0 Å². The van der Waals surface area contributed by atoms with E-state index in [1.165, 1.54) is 0 Å². The SMILES string of the molecule is OC(CSc1ccccc1)Cc1cc(Cl)ccc1Cl. The Kier molecular flexibility index (Phi) is 5.59. The Labute approximate surface area is 127 Å². The molecule has 0 aromatic heterocycles. The lowest BCUT2D eigenvalue weighted by atomic mass is 10.1. The fourth-order valence-corrected chi connectivity index (χ4v) is 2.96. The van der Waals surface area contributed by atoms with Crippen LogP contribution in [-0.2, 0) is 6.42 Å². The van der Waals surface area contributed by atoms with Gasteiger partial charge in [-0.25, -0.2) is 0 Å². The number of aliphatic hydroxyl groups is 1. The average Bonchev–Trinajstić information content (AvgIpc) is 2.42. The molecule has 2 rings (SSSR count). The van der Waals surface area contributed by atoms with Crippen molar-refractivity contribution in [2.75, 3.05) is 5.75 Å². The first-order valence-corrected chi connectivity index (χ1v) is 7.69. The lowest BCUT2D eigenvalue weighted by Crippen LogP contribution is -2.13.